The Morgan fingerprint density at radius 3 is 2.54 bits per heavy atom. The third kappa shape index (κ3) is 4.81. The number of carbonyl (C=O) groups is 2. The minimum Gasteiger partial charge on any atom is -0.365 e. The molecule has 5 rings (SSSR count). The first-order valence-corrected chi connectivity index (χ1v) is 11.7. The van der Waals surface area contributed by atoms with E-state index in [1.54, 1.807) is 42.4 Å². The Morgan fingerprint density at radius 1 is 1.09 bits per heavy atom. The van der Waals surface area contributed by atoms with E-state index in [2.05, 4.69) is 10.3 Å². The summed E-state index contributed by atoms with van der Waals surface area (Å²) in [5, 5.41) is 2.67. The van der Waals surface area contributed by atoms with Crippen molar-refractivity contribution in [1.82, 2.24) is 14.5 Å². The van der Waals surface area contributed by atoms with Crippen molar-refractivity contribution in [3.63, 3.8) is 0 Å². The molecule has 0 bridgehead atoms. The Labute approximate surface area is 201 Å². The number of amides is 2. The minimum absolute atomic E-state index is 0.169. The molecule has 0 saturated carbocycles. The summed E-state index contributed by atoms with van der Waals surface area (Å²) in [6.45, 7) is 3.33. The van der Waals surface area contributed by atoms with Crippen LogP contribution in [0.2, 0.25) is 0 Å². The highest BCUT2D eigenvalue weighted by atomic mass is 19.1. The zero-order valence-corrected chi connectivity index (χ0v) is 19.3. The van der Waals surface area contributed by atoms with Gasteiger partial charge in [-0.25, -0.2) is 13.8 Å². The van der Waals surface area contributed by atoms with Crippen LogP contribution in [-0.4, -0.2) is 39.4 Å². The molecule has 1 aromatic heterocycles. The molecule has 1 saturated heterocycles. The number of halogens is 2. The topological polar surface area (TPSA) is 76.5 Å². The Bertz CT molecular complexity index is 1250. The van der Waals surface area contributed by atoms with Gasteiger partial charge in [0, 0.05) is 19.0 Å². The van der Waals surface area contributed by atoms with Crippen molar-refractivity contribution in [2.24, 2.45) is 5.92 Å². The standard InChI is InChI=1S/C26H26F2N4O3/c1-16-2-7-21(20(28)12-16)30-25(33)18-8-10-31(11-9-18)26(34)24-22-14-35-23(13-32(22)15-29-24)17-3-5-19(27)6-4-17/h2-7,12,15,18,23H,8-11,13-14H2,1H3,(H,30,33). The average molecular weight is 481 g/mol. The molecule has 0 radical (unpaired) electrons. The van der Waals surface area contributed by atoms with Crippen LogP contribution in [0.15, 0.2) is 48.8 Å². The van der Waals surface area contributed by atoms with Crippen LogP contribution in [0.4, 0.5) is 14.5 Å². The van der Waals surface area contributed by atoms with Gasteiger partial charge in [0.1, 0.15) is 17.7 Å². The summed E-state index contributed by atoms with van der Waals surface area (Å²) in [5.41, 5.74) is 2.88. The summed E-state index contributed by atoms with van der Waals surface area (Å²) in [5.74, 6) is -1.48. The van der Waals surface area contributed by atoms with Gasteiger partial charge in [0.2, 0.25) is 5.91 Å². The van der Waals surface area contributed by atoms with E-state index < -0.39 is 5.82 Å². The number of aromatic nitrogens is 2. The van der Waals surface area contributed by atoms with Crippen LogP contribution < -0.4 is 5.32 Å². The van der Waals surface area contributed by atoms with Crippen LogP contribution in [0.25, 0.3) is 0 Å². The molecule has 2 amide bonds. The van der Waals surface area contributed by atoms with E-state index in [9.17, 15) is 18.4 Å². The van der Waals surface area contributed by atoms with Crippen LogP contribution >= 0.6 is 0 Å². The molecule has 35 heavy (non-hydrogen) atoms. The number of rotatable bonds is 4. The Kier molecular flexibility index (Phi) is 6.34. The van der Waals surface area contributed by atoms with Gasteiger partial charge in [0.15, 0.2) is 5.69 Å². The number of imidazole rings is 1. The number of aryl methyl sites for hydroxylation is 1. The zero-order valence-electron chi connectivity index (χ0n) is 19.3. The van der Waals surface area contributed by atoms with Crippen LogP contribution in [0, 0.1) is 24.5 Å². The molecular weight excluding hydrogens is 454 g/mol. The lowest BCUT2D eigenvalue weighted by atomic mass is 9.95. The van der Waals surface area contributed by atoms with Crippen LogP contribution in [0.5, 0.6) is 0 Å². The SMILES string of the molecule is Cc1ccc(NC(=O)C2CCN(C(=O)c3ncn4c3COC(c3ccc(F)cc3)C4)CC2)c(F)c1. The van der Waals surface area contributed by atoms with Gasteiger partial charge < -0.3 is 19.5 Å². The number of hydrogen-bond acceptors (Lipinski definition) is 4. The fourth-order valence-corrected chi connectivity index (χ4v) is 4.64. The fraction of sp³-hybridized carbons (Fsp3) is 0.346. The highest BCUT2D eigenvalue weighted by Crippen LogP contribution is 2.29. The van der Waals surface area contributed by atoms with Gasteiger partial charge in [-0.3, -0.25) is 9.59 Å². The van der Waals surface area contributed by atoms with Crippen LogP contribution in [0.1, 0.15) is 46.3 Å². The van der Waals surface area contributed by atoms with Crippen molar-refractivity contribution < 1.29 is 23.1 Å². The van der Waals surface area contributed by atoms with E-state index in [-0.39, 0.29) is 41.9 Å². The monoisotopic (exact) mass is 480 g/mol. The molecule has 3 aromatic rings. The summed E-state index contributed by atoms with van der Waals surface area (Å²) in [4.78, 5) is 31.9. The molecule has 1 fully saturated rings. The van der Waals surface area contributed by atoms with E-state index in [0.717, 1.165) is 11.1 Å². The van der Waals surface area contributed by atoms with Crippen molar-refractivity contribution in [3.05, 3.63) is 82.9 Å². The number of nitrogens with one attached hydrogen (secondary N) is 1. The molecule has 2 aliphatic rings. The van der Waals surface area contributed by atoms with Crippen LogP contribution in [-0.2, 0) is 22.7 Å². The van der Waals surface area contributed by atoms with Crippen molar-refractivity contribution in [3.8, 4) is 0 Å². The summed E-state index contributed by atoms with van der Waals surface area (Å²) in [6, 6.07) is 10.9. The number of piperidine rings is 1. The maximum atomic E-state index is 14.1. The lowest BCUT2D eigenvalue weighted by Gasteiger charge is -2.31. The second-order valence-electron chi connectivity index (χ2n) is 9.08. The zero-order chi connectivity index (χ0) is 24.5. The van der Waals surface area contributed by atoms with E-state index in [4.69, 9.17) is 4.74 Å². The molecule has 182 valence electrons. The number of nitrogens with zero attached hydrogens (tertiary/aromatic N) is 3. The minimum atomic E-state index is -0.459. The van der Waals surface area contributed by atoms with Crippen molar-refractivity contribution >= 4 is 17.5 Å². The normalized spacial score (nSPS) is 18.3. The van der Waals surface area contributed by atoms with Crippen molar-refractivity contribution in [2.45, 2.75) is 39.0 Å². The molecule has 7 nitrogen and oxygen atoms in total. The molecular formula is C26H26F2N4O3. The van der Waals surface area contributed by atoms with Crippen molar-refractivity contribution in [2.75, 3.05) is 18.4 Å². The summed E-state index contributed by atoms with van der Waals surface area (Å²) < 4.78 is 35.2. The Balaban J connectivity index is 1.19. The highest BCUT2D eigenvalue weighted by molar-refractivity contribution is 5.95. The second kappa shape index (κ2) is 9.58. The molecule has 1 N–H and O–H groups in total. The number of anilines is 1. The number of likely N-dealkylation sites (tertiary alicyclic amines) is 1. The average Bonchev–Trinajstić information content (AvgIpc) is 3.29. The first-order chi connectivity index (χ1) is 16.9. The largest absolute Gasteiger partial charge is 0.365 e. The summed E-state index contributed by atoms with van der Waals surface area (Å²) in [7, 11) is 0. The summed E-state index contributed by atoms with van der Waals surface area (Å²) in [6.07, 6.45) is 2.37. The van der Waals surface area contributed by atoms with Crippen LogP contribution in [0.3, 0.4) is 0 Å². The summed E-state index contributed by atoms with van der Waals surface area (Å²) >= 11 is 0. The number of ether oxygens (including phenoxy) is 1. The van der Waals surface area contributed by atoms with E-state index >= 15 is 0 Å². The lowest BCUT2D eigenvalue weighted by Crippen LogP contribution is -2.42. The van der Waals surface area contributed by atoms with Crippen molar-refractivity contribution in [1.29, 1.82) is 0 Å². The molecule has 1 unspecified atom stereocenters. The molecule has 9 heteroatoms. The smallest absolute Gasteiger partial charge is 0.274 e. The maximum absolute atomic E-state index is 14.1. The van der Waals surface area contributed by atoms with E-state index in [1.807, 2.05) is 4.57 Å². The molecule has 0 aliphatic carbocycles. The molecule has 2 aliphatic heterocycles. The number of hydrogen-bond donors (Lipinski definition) is 1. The number of benzene rings is 2. The van der Waals surface area contributed by atoms with Gasteiger partial charge in [-0.05, 0) is 55.2 Å². The van der Waals surface area contributed by atoms with E-state index in [1.165, 1.54) is 18.2 Å². The van der Waals surface area contributed by atoms with Gasteiger partial charge in [-0.1, -0.05) is 18.2 Å². The highest BCUT2D eigenvalue weighted by Gasteiger charge is 2.32. The third-order valence-electron chi connectivity index (χ3n) is 6.71. The first-order valence-electron chi connectivity index (χ1n) is 11.7. The lowest BCUT2D eigenvalue weighted by molar-refractivity contribution is -0.121. The van der Waals surface area contributed by atoms with Gasteiger partial charge in [-0.2, -0.15) is 0 Å². The number of fused-ring (bicyclic) bond motifs is 1. The van der Waals surface area contributed by atoms with Gasteiger partial charge in [0.25, 0.3) is 5.91 Å². The Hall–Kier alpha value is -3.59. The number of carbonyl (C=O) groups excluding carboxylic acids is 2. The first kappa shape index (κ1) is 23.2. The quantitative estimate of drug-likeness (QED) is 0.606. The van der Waals surface area contributed by atoms with Gasteiger partial charge >= 0.3 is 0 Å². The third-order valence-corrected chi connectivity index (χ3v) is 6.71. The Morgan fingerprint density at radius 2 is 1.83 bits per heavy atom. The van der Waals surface area contributed by atoms with Gasteiger partial charge in [-0.15, -0.1) is 0 Å². The molecule has 3 heterocycles. The fourth-order valence-electron chi connectivity index (χ4n) is 4.64. The molecule has 1 atom stereocenters. The maximum Gasteiger partial charge on any atom is 0.274 e. The van der Waals surface area contributed by atoms with E-state index in [0.29, 0.717) is 43.9 Å². The predicted octanol–water partition coefficient (Wildman–Crippen LogP) is 4.23. The molecule has 2 aromatic carbocycles. The van der Waals surface area contributed by atoms with Gasteiger partial charge in [0.05, 0.1) is 30.9 Å². The molecule has 0 spiro atoms. The predicted molar refractivity (Wildman–Crippen MR) is 125 cm³/mol. The second-order valence-corrected chi connectivity index (χ2v) is 9.08.